The minimum absolute atomic E-state index is 0.0571. The average molecular weight is 391 g/mol. The van der Waals surface area contributed by atoms with Crippen LogP contribution >= 0.6 is 0 Å². The van der Waals surface area contributed by atoms with Crippen LogP contribution in [0.15, 0.2) is 47.6 Å². The third-order valence-corrected chi connectivity index (χ3v) is 6.02. The highest BCUT2D eigenvalue weighted by Gasteiger charge is 2.29. The first kappa shape index (κ1) is 19.1. The maximum Gasteiger partial charge on any atom is 0.278 e. The molecule has 0 radical (unpaired) electrons. The molecule has 27 heavy (non-hydrogen) atoms. The molecule has 1 atom stereocenters. The summed E-state index contributed by atoms with van der Waals surface area (Å²) < 4.78 is 35.5. The summed E-state index contributed by atoms with van der Waals surface area (Å²) >= 11 is 0. The highest BCUT2D eigenvalue weighted by atomic mass is 32.2. The normalized spacial score (nSPS) is 16.9. The van der Waals surface area contributed by atoms with Crippen LogP contribution in [0, 0.1) is 0 Å². The maximum absolute atomic E-state index is 12.4. The molecule has 1 aliphatic heterocycles. The van der Waals surface area contributed by atoms with Crippen molar-refractivity contribution in [3.63, 3.8) is 0 Å². The second-order valence-corrected chi connectivity index (χ2v) is 8.23. The monoisotopic (exact) mass is 391 g/mol. The number of hydrogen-bond donors (Lipinski definition) is 0. The number of aromatic nitrogens is 2. The largest absolute Gasteiger partial charge is 0.477 e. The van der Waals surface area contributed by atoms with E-state index in [0.29, 0.717) is 19.5 Å². The highest BCUT2D eigenvalue weighted by molar-refractivity contribution is 7.91. The van der Waals surface area contributed by atoms with Gasteiger partial charge in [0.15, 0.2) is 9.84 Å². The first-order valence-corrected chi connectivity index (χ1v) is 10.2. The summed E-state index contributed by atoms with van der Waals surface area (Å²) in [4.78, 5) is 22.4. The molecule has 0 N–H and O–H groups in total. The number of ether oxygens (including phenoxy) is 2. The number of rotatable bonds is 7. The number of carbonyl (C=O) groups is 1. The number of methoxy groups -OCH3 is 1. The van der Waals surface area contributed by atoms with Gasteiger partial charge >= 0.3 is 0 Å². The molecule has 0 saturated carbocycles. The second-order valence-electron chi connectivity index (χ2n) is 6.12. The van der Waals surface area contributed by atoms with E-state index < -0.39 is 9.84 Å². The van der Waals surface area contributed by atoms with Crippen molar-refractivity contribution in [3.05, 3.63) is 42.7 Å². The number of benzene rings is 1. The van der Waals surface area contributed by atoms with E-state index in [1.807, 2.05) is 0 Å². The minimum Gasteiger partial charge on any atom is -0.477 e. The average Bonchev–Trinajstić information content (AvgIpc) is 3.16. The van der Waals surface area contributed by atoms with Crippen molar-refractivity contribution in [2.45, 2.75) is 23.8 Å². The molecule has 1 aromatic heterocycles. The molecular formula is C18H21N3O5S. The van der Waals surface area contributed by atoms with Gasteiger partial charge < -0.3 is 14.4 Å². The molecule has 3 rings (SSSR count). The summed E-state index contributed by atoms with van der Waals surface area (Å²) in [5.74, 6) is 0.157. The zero-order valence-electron chi connectivity index (χ0n) is 14.9. The quantitative estimate of drug-likeness (QED) is 0.702. The first-order chi connectivity index (χ1) is 13.0. The van der Waals surface area contributed by atoms with Crippen LogP contribution in [0.1, 0.15) is 12.8 Å². The van der Waals surface area contributed by atoms with E-state index in [9.17, 15) is 13.2 Å². The number of amides is 1. The molecular weight excluding hydrogens is 370 g/mol. The molecule has 2 aromatic rings. The SMILES string of the molecule is COc1nccnc1OC1CCN(C(=O)CCS(=O)(=O)c2ccccc2)C1. The van der Waals surface area contributed by atoms with E-state index in [2.05, 4.69) is 9.97 Å². The van der Waals surface area contributed by atoms with Gasteiger partial charge in [-0.15, -0.1) is 0 Å². The van der Waals surface area contributed by atoms with Crippen LogP contribution in [0.3, 0.4) is 0 Å². The third-order valence-electron chi connectivity index (χ3n) is 4.29. The van der Waals surface area contributed by atoms with E-state index in [4.69, 9.17) is 9.47 Å². The number of sulfone groups is 1. The fraction of sp³-hybridized carbons (Fsp3) is 0.389. The summed E-state index contributed by atoms with van der Waals surface area (Å²) in [6.45, 7) is 0.890. The molecule has 9 heteroatoms. The van der Waals surface area contributed by atoms with Gasteiger partial charge in [-0.05, 0) is 12.1 Å². The van der Waals surface area contributed by atoms with Gasteiger partial charge in [-0.1, -0.05) is 18.2 Å². The number of nitrogens with zero attached hydrogens (tertiary/aromatic N) is 3. The predicted molar refractivity (Wildman–Crippen MR) is 97.3 cm³/mol. The van der Waals surface area contributed by atoms with Crippen LogP contribution in [-0.2, 0) is 14.6 Å². The zero-order valence-corrected chi connectivity index (χ0v) is 15.8. The Morgan fingerprint density at radius 3 is 2.59 bits per heavy atom. The minimum atomic E-state index is -3.47. The van der Waals surface area contributed by atoms with Crippen molar-refractivity contribution in [1.29, 1.82) is 0 Å². The van der Waals surface area contributed by atoms with Crippen LogP contribution in [-0.4, -0.2) is 61.2 Å². The van der Waals surface area contributed by atoms with Gasteiger partial charge in [-0.25, -0.2) is 18.4 Å². The summed E-state index contributed by atoms with van der Waals surface area (Å²) in [5.41, 5.74) is 0. The standard InChI is InChI=1S/C18H21N3O5S/c1-25-17-18(20-10-9-19-17)26-14-7-11-21(13-14)16(22)8-12-27(23,24)15-5-3-2-4-6-15/h2-6,9-10,14H,7-8,11-13H2,1H3. The molecule has 144 valence electrons. The molecule has 0 aliphatic carbocycles. The van der Waals surface area contributed by atoms with Crippen LogP contribution in [0.4, 0.5) is 0 Å². The fourth-order valence-electron chi connectivity index (χ4n) is 2.87. The van der Waals surface area contributed by atoms with Gasteiger partial charge in [0.1, 0.15) is 6.10 Å². The second kappa shape index (κ2) is 8.34. The van der Waals surface area contributed by atoms with Gasteiger partial charge in [0.05, 0.1) is 24.3 Å². The lowest BCUT2D eigenvalue weighted by Gasteiger charge is -2.17. The Morgan fingerprint density at radius 1 is 1.19 bits per heavy atom. The Morgan fingerprint density at radius 2 is 1.89 bits per heavy atom. The molecule has 2 heterocycles. The summed E-state index contributed by atoms with van der Waals surface area (Å²) in [5, 5.41) is 0. The van der Waals surface area contributed by atoms with Crippen molar-refractivity contribution >= 4 is 15.7 Å². The van der Waals surface area contributed by atoms with E-state index in [-0.39, 0.29) is 40.8 Å². The van der Waals surface area contributed by atoms with Crippen molar-refractivity contribution in [1.82, 2.24) is 14.9 Å². The fourth-order valence-corrected chi connectivity index (χ4v) is 4.12. The lowest BCUT2D eigenvalue weighted by atomic mass is 10.3. The lowest BCUT2D eigenvalue weighted by Crippen LogP contribution is -2.32. The van der Waals surface area contributed by atoms with Gasteiger partial charge in [0, 0.05) is 31.8 Å². The van der Waals surface area contributed by atoms with Crippen molar-refractivity contribution in [2.24, 2.45) is 0 Å². The first-order valence-electron chi connectivity index (χ1n) is 8.57. The molecule has 1 aromatic carbocycles. The Balaban J connectivity index is 1.53. The summed E-state index contributed by atoms with van der Waals surface area (Å²) in [6.07, 6.45) is 3.35. The molecule has 0 spiro atoms. The Kier molecular flexibility index (Phi) is 5.90. The van der Waals surface area contributed by atoms with Crippen LogP contribution < -0.4 is 9.47 Å². The predicted octanol–water partition coefficient (Wildman–Crippen LogP) is 1.33. The number of likely N-dealkylation sites (tertiary alicyclic amines) is 1. The summed E-state index contributed by atoms with van der Waals surface area (Å²) in [6, 6.07) is 8.15. The Labute approximate surface area is 158 Å². The molecule has 1 fully saturated rings. The van der Waals surface area contributed by atoms with E-state index in [0.717, 1.165) is 0 Å². The Bertz CT molecular complexity index is 889. The maximum atomic E-state index is 12.4. The van der Waals surface area contributed by atoms with Crippen LogP contribution in [0.5, 0.6) is 11.8 Å². The third kappa shape index (κ3) is 4.73. The molecule has 8 nitrogen and oxygen atoms in total. The number of carbonyl (C=O) groups excluding carboxylic acids is 1. The smallest absolute Gasteiger partial charge is 0.278 e. The van der Waals surface area contributed by atoms with Crippen molar-refractivity contribution in [2.75, 3.05) is 26.0 Å². The van der Waals surface area contributed by atoms with Crippen LogP contribution in [0.2, 0.25) is 0 Å². The van der Waals surface area contributed by atoms with Gasteiger partial charge in [0.25, 0.3) is 11.8 Å². The van der Waals surface area contributed by atoms with E-state index in [1.165, 1.54) is 31.6 Å². The highest BCUT2D eigenvalue weighted by Crippen LogP contribution is 2.24. The van der Waals surface area contributed by atoms with Gasteiger partial charge in [-0.2, -0.15) is 0 Å². The molecule has 1 saturated heterocycles. The molecule has 1 unspecified atom stereocenters. The topological polar surface area (TPSA) is 98.7 Å². The lowest BCUT2D eigenvalue weighted by molar-refractivity contribution is -0.130. The van der Waals surface area contributed by atoms with E-state index in [1.54, 1.807) is 23.1 Å². The molecule has 0 bridgehead atoms. The Hall–Kier alpha value is -2.68. The van der Waals surface area contributed by atoms with Gasteiger partial charge in [0.2, 0.25) is 5.91 Å². The molecule has 1 amide bonds. The number of hydrogen-bond acceptors (Lipinski definition) is 7. The molecule has 1 aliphatic rings. The van der Waals surface area contributed by atoms with Gasteiger partial charge in [-0.3, -0.25) is 4.79 Å². The summed E-state index contributed by atoms with van der Waals surface area (Å²) in [7, 11) is -1.99. The van der Waals surface area contributed by atoms with E-state index >= 15 is 0 Å². The van der Waals surface area contributed by atoms with Crippen LogP contribution in [0.25, 0.3) is 0 Å². The zero-order chi connectivity index (χ0) is 19.3. The van der Waals surface area contributed by atoms with Crippen molar-refractivity contribution in [3.8, 4) is 11.8 Å². The van der Waals surface area contributed by atoms with Crippen molar-refractivity contribution < 1.29 is 22.7 Å².